The maximum absolute atomic E-state index is 12.1. The van der Waals surface area contributed by atoms with Gasteiger partial charge in [0.15, 0.2) is 0 Å². The lowest BCUT2D eigenvalue weighted by Crippen LogP contribution is -2.40. The van der Waals surface area contributed by atoms with Crippen molar-refractivity contribution in [3.63, 3.8) is 0 Å². The summed E-state index contributed by atoms with van der Waals surface area (Å²) in [5.74, 6) is 0.654. The largest absolute Gasteiger partial charge is 0.371 e. The summed E-state index contributed by atoms with van der Waals surface area (Å²) >= 11 is 0. The lowest BCUT2D eigenvalue weighted by molar-refractivity contribution is -0.122. The normalized spacial score (nSPS) is 17.5. The minimum absolute atomic E-state index is 0.117. The number of amides is 1. The van der Waals surface area contributed by atoms with Gasteiger partial charge in [-0.25, -0.2) is 0 Å². The van der Waals surface area contributed by atoms with Crippen LogP contribution in [0, 0.1) is 5.92 Å². The van der Waals surface area contributed by atoms with E-state index in [1.54, 1.807) is 0 Å². The number of benzene rings is 1. The van der Waals surface area contributed by atoms with Gasteiger partial charge in [-0.3, -0.25) is 9.69 Å². The van der Waals surface area contributed by atoms with Crippen molar-refractivity contribution in [2.75, 3.05) is 44.2 Å². The predicted octanol–water partition coefficient (Wildman–Crippen LogP) is 2.53. The van der Waals surface area contributed by atoms with E-state index in [2.05, 4.69) is 52.9 Å². The van der Waals surface area contributed by atoms with Gasteiger partial charge in [-0.05, 0) is 37.9 Å². The first kappa shape index (κ1) is 17.5. The number of carbonyl (C=O) groups excluding carboxylic acids is 1. The second-order valence-electron chi connectivity index (χ2n) is 6.50. The molecule has 1 aromatic rings. The molecule has 1 amide bonds. The Bertz CT molecular complexity index is 515. The van der Waals surface area contributed by atoms with Gasteiger partial charge in [0.05, 0.1) is 6.54 Å². The Labute approximate surface area is 140 Å². The number of nitrogens with zero attached hydrogens (tertiary/aromatic N) is 2. The van der Waals surface area contributed by atoms with E-state index in [4.69, 9.17) is 0 Å². The topological polar surface area (TPSA) is 35.6 Å². The van der Waals surface area contributed by atoms with E-state index in [0.717, 1.165) is 44.7 Å². The van der Waals surface area contributed by atoms with Crippen molar-refractivity contribution in [1.29, 1.82) is 0 Å². The van der Waals surface area contributed by atoms with Gasteiger partial charge < -0.3 is 10.2 Å². The third-order valence-electron chi connectivity index (χ3n) is 4.30. The highest BCUT2D eigenvalue weighted by atomic mass is 16.2. The van der Waals surface area contributed by atoms with Crippen molar-refractivity contribution >= 4 is 11.6 Å². The predicted molar refractivity (Wildman–Crippen MR) is 96.7 cm³/mol. The van der Waals surface area contributed by atoms with Crippen LogP contribution in [0.5, 0.6) is 0 Å². The average Bonchev–Trinajstić information content (AvgIpc) is 3.01. The summed E-state index contributed by atoms with van der Waals surface area (Å²) in [7, 11) is 0. The number of anilines is 1. The maximum Gasteiger partial charge on any atom is 0.234 e. The average molecular weight is 315 g/mol. The zero-order valence-corrected chi connectivity index (χ0v) is 14.4. The highest BCUT2D eigenvalue weighted by Crippen LogP contribution is 2.22. The second-order valence-corrected chi connectivity index (χ2v) is 6.50. The van der Waals surface area contributed by atoms with Crippen molar-refractivity contribution in [3.05, 3.63) is 42.5 Å². The Balaban J connectivity index is 1.72. The quantitative estimate of drug-likeness (QED) is 0.749. The van der Waals surface area contributed by atoms with Crippen molar-refractivity contribution in [1.82, 2.24) is 10.2 Å². The van der Waals surface area contributed by atoms with Crippen LogP contribution in [-0.2, 0) is 4.79 Å². The molecule has 1 heterocycles. The molecule has 1 aliphatic heterocycles. The highest BCUT2D eigenvalue weighted by molar-refractivity contribution is 5.78. The summed E-state index contributed by atoms with van der Waals surface area (Å²) in [4.78, 5) is 16.6. The second kappa shape index (κ2) is 8.73. The molecular weight excluding hydrogens is 286 g/mol. The standard InChI is InChI=1S/C19H29N3O/c1-4-21(13-16(2)3)15-19(23)20-12-17-10-11-22(14-17)18-8-6-5-7-9-18/h5-9,17H,2,4,10-15H2,1,3H3,(H,20,23). The Morgan fingerprint density at radius 1 is 1.35 bits per heavy atom. The number of carbonyl (C=O) groups is 1. The maximum atomic E-state index is 12.1. The first-order valence-electron chi connectivity index (χ1n) is 8.52. The molecule has 1 atom stereocenters. The zero-order chi connectivity index (χ0) is 16.7. The third-order valence-corrected chi connectivity index (χ3v) is 4.30. The van der Waals surface area contributed by atoms with Gasteiger partial charge in [-0.15, -0.1) is 0 Å². The minimum atomic E-state index is 0.117. The fourth-order valence-corrected chi connectivity index (χ4v) is 3.05. The molecule has 2 rings (SSSR count). The van der Waals surface area contributed by atoms with E-state index < -0.39 is 0 Å². The molecule has 1 aromatic carbocycles. The molecule has 0 saturated carbocycles. The molecule has 23 heavy (non-hydrogen) atoms. The molecule has 0 bridgehead atoms. The van der Waals surface area contributed by atoms with Crippen molar-refractivity contribution in [3.8, 4) is 0 Å². The molecule has 0 radical (unpaired) electrons. The van der Waals surface area contributed by atoms with Crippen LogP contribution in [0.4, 0.5) is 5.69 Å². The molecule has 4 heteroatoms. The summed E-state index contributed by atoms with van der Waals surface area (Å²) in [6.45, 7) is 13.0. The van der Waals surface area contributed by atoms with E-state index in [1.165, 1.54) is 5.69 Å². The Morgan fingerprint density at radius 3 is 2.74 bits per heavy atom. The first-order chi connectivity index (χ1) is 11.1. The number of hydrogen-bond donors (Lipinski definition) is 1. The molecule has 0 aromatic heterocycles. The van der Waals surface area contributed by atoms with Crippen LogP contribution in [0.25, 0.3) is 0 Å². The fourth-order valence-electron chi connectivity index (χ4n) is 3.05. The van der Waals surface area contributed by atoms with E-state index in [1.807, 2.05) is 13.0 Å². The van der Waals surface area contributed by atoms with E-state index >= 15 is 0 Å². The third kappa shape index (κ3) is 5.71. The minimum Gasteiger partial charge on any atom is -0.371 e. The van der Waals surface area contributed by atoms with Gasteiger partial charge in [0.2, 0.25) is 5.91 Å². The summed E-state index contributed by atoms with van der Waals surface area (Å²) in [6.07, 6.45) is 1.14. The van der Waals surface area contributed by atoms with Crippen molar-refractivity contribution in [2.45, 2.75) is 20.3 Å². The molecule has 1 N–H and O–H groups in total. The van der Waals surface area contributed by atoms with Crippen LogP contribution < -0.4 is 10.2 Å². The van der Waals surface area contributed by atoms with Crippen LogP contribution in [-0.4, -0.2) is 50.1 Å². The number of para-hydroxylation sites is 1. The SMILES string of the molecule is C=C(C)CN(CC)CC(=O)NCC1CCN(c2ccccc2)C1. The Kier molecular flexibility index (Phi) is 6.66. The fraction of sp³-hybridized carbons (Fsp3) is 0.526. The smallest absolute Gasteiger partial charge is 0.234 e. The van der Waals surface area contributed by atoms with Gasteiger partial charge in [-0.1, -0.05) is 37.3 Å². The summed E-state index contributed by atoms with van der Waals surface area (Å²) in [5.41, 5.74) is 2.37. The number of hydrogen-bond acceptors (Lipinski definition) is 3. The lowest BCUT2D eigenvalue weighted by atomic mass is 10.1. The van der Waals surface area contributed by atoms with Crippen LogP contribution in [0.2, 0.25) is 0 Å². The van der Waals surface area contributed by atoms with Crippen LogP contribution in [0.1, 0.15) is 20.3 Å². The van der Waals surface area contributed by atoms with Crippen LogP contribution in [0.15, 0.2) is 42.5 Å². The monoisotopic (exact) mass is 315 g/mol. The first-order valence-corrected chi connectivity index (χ1v) is 8.52. The highest BCUT2D eigenvalue weighted by Gasteiger charge is 2.23. The summed E-state index contributed by atoms with van der Waals surface area (Å²) < 4.78 is 0. The van der Waals surface area contributed by atoms with E-state index in [0.29, 0.717) is 12.5 Å². The van der Waals surface area contributed by atoms with Crippen LogP contribution >= 0.6 is 0 Å². The van der Waals surface area contributed by atoms with E-state index in [-0.39, 0.29) is 5.91 Å². The molecule has 0 spiro atoms. The number of nitrogens with one attached hydrogen (secondary N) is 1. The molecule has 0 aliphatic carbocycles. The molecule has 1 saturated heterocycles. The molecule has 126 valence electrons. The van der Waals surface area contributed by atoms with Gasteiger partial charge >= 0.3 is 0 Å². The Hall–Kier alpha value is -1.81. The number of rotatable bonds is 8. The molecular formula is C19H29N3O. The van der Waals surface area contributed by atoms with Crippen molar-refractivity contribution < 1.29 is 4.79 Å². The van der Waals surface area contributed by atoms with Gasteiger partial charge in [0.1, 0.15) is 0 Å². The molecule has 4 nitrogen and oxygen atoms in total. The summed E-state index contributed by atoms with van der Waals surface area (Å²) in [6, 6.07) is 10.5. The lowest BCUT2D eigenvalue weighted by Gasteiger charge is -2.21. The number of likely N-dealkylation sites (N-methyl/N-ethyl adjacent to an activating group) is 1. The molecule has 1 aliphatic rings. The zero-order valence-electron chi connectivity index (χ0n) is 14.4. The molecule has 1 fully saturated rings. The van der Waals surface area contributed by atoms with Gasteiger partial charge in [-0.2, -0.15) is 0 Å². The van der Waals surface area contributed by atoms with E-state index in [9.17, 15) is 4.79 Å². The van der Waals surface area contributed by atoms with Crippen molar-refractivity contribution in [2.24, 2.45) is 5.92 Å². The van der Waals surface area contributed by atoms with Crippen LogP contribution in [0.3, 0.4) is 0 Å². The molecule has 1 unspecified atom stereocenters. The Morgan fingerprint density at radius 2 is 2.09 bits per heavy atom. The van der Waals surface area contributed by atoms with Gasteiger partial charge in [0, 0.05) is 31.9 Å². The summed E-state index contributed by atoms with van der Waals surface area (Å²) in [5, 5.41) is 3.10. The van der Waals surface area contributed by atoms with Gasteiger partial charge in [0.25, 0.3) is 0 Å².